The molecule has 1 atom stereocenters. The fourth-order valence-corrected chi connectivity index (χ4v) is 1.99. The fraction of sp³-hybridized carbons (Fsp3) is 0.667. The lowest BCUT2D eigenvalue weighted by Crippen LogP contribution is -2.24. The minimum absolute atomic E-state index is 0.716. The molecular weight excluding hydrogens is 222 g/mol. The third-order valence-corrected chi connectivity index (χ3v) is 3.65. The molecule has 0 radical (unpaired) electrons. The van der Waals surface area contributed by atoms with Crippen LogP contribution in [0.15, 0.2) is 18.3 Å². The Balaban J connectivity index is 1.85. The second-order valence-electron chi connectivity index (χ2n) is 5.57. The molecule has 1 aliphatic rings. The molecule has 1 aromatic rings. The van der Waals surface area contributed by atoms with Gasteiger partial charge < -0.3 is 10.2 Å². The van der Waals surface area contributed by atoms with Crippen LogP contribution in [0, 0.1) is 5.92 Å². The van der Waals surface area contributed by atoms with Crippen molar-refractivity contribution in [3.05, 3.63) is 23.9 Å². The van der Waals surface area contributed by atoms with Crippen molar-refractivity contribution in [3.8, 4) is 0 Å². The Labute approximate surface area is 111 Å². The van der Waals surface area contributed by atoms with Crippen LogP contribution in [0.25, 0.3) is 0 Å². The molecule has 100 valence electrons. The zero-order valence-corrected chi connectivity index (χ0v) is 11.8. The van der Waals surface area contributed by atoms with Crippen molar-refractivity contribution < 1.29 is 0 Å². The highest BCUT2D eigenvalue weighted by atomic mass is 15.2. The van der Waals surface area contributed by atoms with Gasteiger partial charge in [0.05, 0.1) is 0 Å². The number of anilines is 1. The molecule has 3 nitrogen and oxygen atoms in total. The van der Waals surface area contributed by atoms with Gasteiger partial charge in [0.1, 0.15) is 5.82 Å². The molecule has 18 heavy (non-hydrogen) atoms. The van der Waals surface area contributed by atoms with Gasteiger partial charge in [0.2, 0.25) is 0 Å². The second-order valence-corrected chi connectivity index (χ2v) is 5.57. The molecule has 1 heterocycles. The maximum Gasteiger partial charge on any atom is 0.128 e. The maximum atomic E-state index is 4.55. The van der Waals surface area contributed by atoms with Crippen LogP contribution in [0.4, 0.5) is 5.82 Å². The summed E-state index contributed by atoms with van der Waals surface area (Å²) in [6.07, 6.45) is 5.89. The molecule has 0 saturated heterocycles. The maximum absolute atomic E-state index is 4.55. The van der Waals surface area contributed by atoms with Crippen LogP contribution in [-0.2, 0) is 6.54 Å². The molecule has 1 saturated carbocycles. The zero-order chi connectivity index (χ0) is 13.0. The second kappa shape index (κ2) is 6.19. The highest BCUT2D eigenvalue weighted by Gasteiger charge is 2.19. The monoisotopic (exact) mass is 247 g/mol. The van der Waals surface area contributed by atoms with E-state index in [9.17, 15) is 0 Å². The van der Waals surface area contributed by atoms with Gasteiger partial charge in [-0.1, -0.05) is 26.3 Å². The minimum atomic E-state index is 0.716. The first-order chi connectivity index (χ1) is 8.69. The molecule has 0 aromatic carbocycles. The summed E-state index contributed by atoms with van der Waals surface area (Å²) in [5, 5.41) is 3.51. The molecule has 1 aliphatic carbocycles. The van der Waals surface area contributed by atoms with E-state index in [0.29, 0.717) is 5.92 Å². The largest absolute Gasteiger partial charge is 0.359 e. The van der Waals surface area contributed by atoms with Crippen molar-refractivity contribution in [2.45, 2.75) is 45.7 Å². The van der Waals surface area contributed by atoms with Crippen molar-refractivity contribution >= 4 is 5.82 Å². The molecule has 3 heteroatoms. The average Bonchev–Trinajstić information content (AvgIpc) is 3.20. The highest BCUT2D eigenvalue weighted by molar-refractivity contribution is 5.38. The molecule has 0 amide bonds. The van der Waals surface area contributed by atoms with E-state index in [4.69, 9.17) is 0 Å². The molecule has 1 N–H and O–H groups in total. The molecular formula is C15H25N3. The van der Waals surface area contributed by atoms with E-state index in [1.165, 1.54) is 24.8 Å². The standard InChI is InChI=1S/C15H25N3/c1-4-12(2)11-18(3)15-8-5-13(10-17-15)9-16-14-6-7-14/h5,8,10,12,14,16H,4,6-7,9,11H2,1-3H3. The van der Waals surface area contributed by atoms with E-state index < -0.39 is 0 Å². The van der Waals surface area contributed by atoms with Crippen molar-refractivity contribution in [2.75, 3.05) is 18.5 Å². The summed E-state index contributed by atoms with van der Waals surface area (Å²) in [7, 11) is 2.12. The van der Waals surface area contributed by atoms with Gasteiger partial charge >= 0.3 is 0 Å². The first-order valence-corrected chi connectivity index (χ1v) is 7.08. The molecule has 0 spiro atoms. The van der Waals surface area contributed by atoms with E-state index in [-0.39, 0.29) is 0 Å². The fourth-order valence-electron chi connectivity index (χ4n) is 1.99. The number of hydrogen-bond donors (Lipinski definition) is 1. The Morgan fingerprint density at radius 2 is 2.22 bits per heavy atom. The SMILES string of the molecule is CCC(C)CN(C)c1ccc(CNC2CC2)cn1. The van der Waals surface area contributed by atoms with Gasteiger partial charge in [-0.25, -0.2) is 4.98 Å². The quantitative estimate of drug-likeness (QED) is 0.803. The van der Waals surface area contributed by atoms with Gasteiger partial charge in [0.25, 0.3) is 0 Å². The average molecular weight is 247 g/mol. The summed E-state index contributed by atoms with van der Waals surface area (Å²) in [6, 6.07) is 5.08. The number of rotatable bonds is 7. The molecule has 0 bridgehead atoms. The van der Waals surface area contributed by atoms with Crippen molar-refractivity contribution in [1.29, 1.82) is 0 Å². The Morgan fingerprint density at radius 1 is 1.44 bits per heavy atom. The van der Waals surface area contributed by atoms with E-state index in [0.717, 1.165) is 24.9 Å². The molecule has 0 aliphatic heterocycles. The number of pyridine rings is 1. The first-order valence-electron chi connectivity index (χ1n) is 7.08. The number of nitrogens with one attached hydrogen (secondary N) is 1. The third-order valence-electron chi connectivity index (χ3n) is 3.65. The predicted molar refractivity (Wildman–Crippen MR) is 76.8 cm³/mol. The number of nitrogens with zero attached hydrogens (tertiary/aromatic N) is 2. The lowest BCUT2D eigenvalue weighted by Gasteiger charge is -2.21. The van der Waals surface area contributed by atoms with Crippen LogP contribution >= 0.6 is 0 Å². The summed E-state index contributed by atoms with van der Waals surface area (Å²) in [5.74, 6) is 1.79. The van der Waals surface area contributed by atoms with Crippen molar-refractivity contribution in [1.82, 2.24) is 10.3 Å². The van der Waals surface area contributed by atoms with E-state index in [2.05, 4.69) is 48.2 Å². The van der Waals surface area contributed by atoms with Crippen LogP contribution in [0.1, 0.15) is 38.7 Å². The van der Waals surface area contributed by atoms with E-state index >= 15 is 0 Å². The van der Waals surface area contributed by atoms with Crippen LogP contribution in [0.2, 0.25) is 0 Å². The Kier molecular flexibility index (Phi) is 4.59. The topological polar surface area (TPSA) is 28.2 Å². The van der Waals surface area contributed by atoms with Crippen LogP contribution in [-0.4, -0.2) is 24.6 Å². The van der Waals surface area contributed by atoms with Gasteiger partial charge in [0.15, 0.2) is 0 Å². The Hall–Kier alpha value is -1.09. The zero-order valence-electron chi connectivity index (χ0n) is 11.8. The number of aromatic nitrogens is 1. The van der Waals surface area contributed by atoms with E-state index in [1.807, 2.05) is 6.20 Å². The third kappa shape index (κ3) is 3.98. The molecule has 1 unspecified atom stereocenters. The molecule has 1 aromatic heterocycles. The summed E-state index contributed by atoms with van der Waals surface area (Å²) in [4.78, 5) is 6.79. The van der Waals surface area contributed by atoms with Gasteiger partial charge in [-0.2, -0.15) is 0 Å². The van der Waals surface area contributed by atoms with Gasteiger partial charge in [-0.05, 0) is 30.4 Å². The van der Waals surface area contributed by atoms with Crippen molar-refractivity contribution in [3.63, 3.8) is 0 Å². The summed E-state index contributed by atoms with van der Waals surface area (Å²) >= 11 is 0. The smallest absolute Gasteiger partial charge is 0.128 e. The Bertz CT molecular complexity index is 357. The Morgan fingerprint density at radius 3 is 2.78 bits per heavy atom. The molecule has 2 rings (SSSR count). The lowest BCUT2D eigenvalue weighted by molar-refractivity contribution is 0.557. The summed E-state index contributed by atoms with van der Waals surface area (Å²) < 4.78 is 0. The van der Waals surface area contributed by atoms with Gasteiger partial charge in [-0.15, -0.1) is 0 Å². The van der Waals surface area contributed by atoms with Crippen LogP contribution in [0.5, 0.6) is 0 Å². The van der Waals surface area contributed by atoms with Crippen molar-refractivity contribution in [2.24, 2.45) is 5.92 Å². The number of hydrogen-bond acceptors (Lipinski definition) is 3. The predicted octanol–water partition coefficient (Wildman–Crippen LogP) is 2.82. The molecule has 1 fully saturated rings. The van der Waals surface area contributed by atoms with Crippen LogP contribution in [0.3, 0.4) is 0 Å². The van der Waals surface area contributed by atoms with E-state index in [1.54, 1.807) is 0 Å². The van der Waals surface area contributed by atoms with Gasteiger partial charge in [-0.3, -0.25) is 0 Å². The lowest BCUT2D eigenvalue weighted by atomic mass is 10.1. The highest BCUT2D eigenvalue weighted by Crippen LogP contribution is 2.19. The van der Waals surface area contributed by atoms with Crippen LogP contribution < -0.4 is 10.2 Å². The summed E-state index contributed by atoms with van der Waals surface area (Å²) in [6.45, 7) is 6.54. The minimum Gasteiger partial charge on any atom is -0.359 e. The summed E-state index contributed by atoms with van der Waals surface area (Å²) in [5.41, 5.74) is 1.28. The first kappa shape index (κ1) is 13.3. The van der Waals surface area contributed by atoms with Gasteiger partial charge in [0, 0.05) is 32.4 Å². The normalized spacial score (nSPS) is 16.6.